The molecule has 1 atom stereocenters. The van der Waals surface area contributed by atoms with Crippen molar-refractivity contribution in [3.63, 3.8) is 0 Å². The molecule has 1 aliphatic heterocycles. The molecule has 5 rings (SSSR count). The van der Waals surface area contributed by atoms with Crippen molar-refractivity contribution < 1.29 is 13.2 Å². The topological polar surface area (TPSA) is 78.5 Å². The highest BCUT2D eigenvalue weighted by atomic mass is 31.1. The van der Waals surface area contributed by atoms with Gasteiger partial charge in [-0.05, 0) is 52.2 Å². The Balaban J connectivity index is 1.64. The fourth-order valence-electron chi connectivity index (χ4n) is 4.71. The minimum absolute atomic E-state index is 0.0425. The third-order valence-corrected chi connectivity index (χ3v) is 7.92. The van der Waals surface area contributed by atoms with Gasteiger partial charge < -0.3 is 15.6 Å². The molecule has 3 aromatic heterocycles. The van der Waals surface area contributed by atoms with E-state index in [2.05, 4.69) is 57.7 Å². The van der Waals surface area contributed by atoms with Crippen LogP contribution in [0.15, 0.2) is 36.8 Å². The average Bonchev–Trinajstić information content (AvgIpc) is 3.21. The normalized spacial score (nSPS) is 18.5. The summed E-state index contributed by atoms with van der Waals surface area (Å²) in [6.45, 7) is 9.20. The molecule has 1 aliphatic rings. The first-order valence-corrected chi connectivity index (χ1v) is 13.8. The van der Waals surface area contributed by atoms with Crippen molar-refractivity contribution in [3.8, 4) is 11.3 Å². The Morgan fingerprint density at radius 3 is 2.69 bits per heavy atom. The van der Waals surface area contributed by atoms with E-state index in [0.29, 0.717) is 17.5 Å². The number of H-pyrrole nitrogens is 1. The molecule has 184 valence electrons. The fourth-order valence-corrected chi connectivity index (χ4v) is 5.96. The number of aromatic amines is 1. The Hall–Kier alpha value is -2.77. The van der Waals surface area contributed by atoms with Crippen LogP contribution in [-0.2, 0) is 6.18 Å². The molecule has 1 saturated heterocycles. The minimum Gasteiger partial charge on any atom is -0.360 e. The lowest BCUT2D eigenvalue weighted by atomic mass is 9.91. The van der Waals surface area contributed by atoms with E-state index in [0.717, 1.165) is 40.8 Å². The monoisotopic (exact) mass is 500 g/mol. The predicted molar refractivity (Wildman–Crippen MR) is 137 cm³/mol. The van der Waals surface area contributed by atoms with Crippen LogP contribution in [0.3, 0.4) is 0 Å². The third kappa shape index (κ3) is 4.59. The number of alkyl halides is 3. The molecule has 1 aromatic carbocycles. The second-order valence-electron chi connectivity index (χ2n) is 9.92. The van der Waals surface area contributed by atoms with Crippen LogP contribution in [0.1, 0.15) is 32.3 Å². The van der Waals surface area contributed by atoms with Crippen LogP contribution in [0.4, 0.5) is 19.1 Å². The van der Waals surface area contributed by atoms with Gasteiger partial charge in [0.2, 0.25) is 5.95 Å². The van der Waals surface area contributed by atoms with Crippen molar-refractivity contribution in [1.82, 2.24) is 25.3 Å². The molecule has 1 unspecified atom stereocenters. The first-order chi connectivity index (χ1) is 16.5. The van der Waals surface area contributed by atoms with E-state index in [9.17, 15) is 13.2 Å². The molecule has 4 aromatic rings. The molecule has 0 aliphatic carbocycles. The second-order valence-corrected chi connectivity index (χ2v) is 12.2. The van der Waals surface area contributed by atoms with Gasteiger partial charge >= 0.3 is 6.18 Å². The molecule has 35 heavy (non-hydrogen) atoms. The Bertz CT molecular complexity index is 1390. The molecule has 3 N–H and O–H groups in total. The molecule has 0 saturated carbocycles. The van der Waals surface area contributed by atoms with Crippen molar-refractivity contribution in [2.45, 2.75) is 44.4 Å². The molecular formula is C25H28F3N6P. The molecule has 0 bridgehead atoms. The maximum absolute atomic E-state index is 14.0. The van der Waals surface area contributed by atoms with Gasteiger partial charge in [0.1, 0.15) is 5.56 Å². The number of pyridine rings is 1. The molecular weight excluding hydrogens is 472 g/mol. The van der Waals surface area contributed by atoms with E-state index in [4.69, 9.17) is 0 Å². The molecule has 1 fully saturated rings. The molecule has 10 heteroatoms. The van der Waals surface area contributed by atoms with Crippen LogP contribution in [0, 0.1) is 0 Å². The van der Waals surface area contributed by atoms with Crippen molar-refractivity contribution in [3.05, 3.63) is 42.4 Å². The summed E-state index contributed by atoms with van der Waals surface area (Å²) in [6, 6.07) is 5.72. The smallest absolute Gasteiger partial charge is 0.360 e. The number of piperidine rings is 1. The summed E-state index contributed by atoms with van der Waals surface area (Å²) in [5.74, 6) is 0.199. The number of hydrogen-bond acceptors (Lipinski definition) is 5. The summed E-state index contributed by atoms with van der Waals surface area (Å²) in [5, 5.41) is 9.33. The number of nitrogens with zero attached hydrogens (tertiary/aromatic N) is 3. The van der Waals surface area contributed by atoms with Crippen molar-refractivity contribution >= 4 is 41.0 Å². The highest BCUT2D eigenvalue weighted by molar-refractivity contribution is 7.65. The zero-order valence-electron chi connectivity index (χ0n) is 20.1. The lowest BCUT2D eigenvalue weighted by Crippen LogP contribution is -2.50. The van der Waals surface area contributed by atoms with E-state index < -0.39 is 19.7 Å². The lowest BCUT2D eigenvalue weighted by molar-refractivity contribution is -0.137. The van der Waals surface area contributed by atoms with Gasteiger partial charge in [0.05, 0.1) is 16.7 Å². The summed E-state index contributed by atoms with van der Waals surface area (Å²) in [4.78, 5) is 16.2. The average molecular weight is 501 g/mol. The number of anilines is 1. The van der Waals surface area contributed by atoms with Gasteiger partial charge in [0.25, 0.3) is 0 Å². The number of benzene rings is 1. The van der Waals surface area contributed by atoms with Gasteiger partial charge in [-0.3, -0.25) is 4.98 Å². The van der Waals surface area contributed by atoms with Gasteiger partial charge in [-0.2, -0.15) is 13.2 Å². The number of nitrogens with one attached hydrogen (secondary N) is 3. The predicted octanol–water partition coefficient (Wildman–Crippen LogP) is 5.50. The second kappa shape index (κ2) is 8.71. The van der Waals surface area contributed by atoms with Crippen molar-refractivity contribution in [2.24, 2.45) is 0 Å². The first kappa shape index (κ1) is 23.9. The van der Waals surface area contributed by atoms with Crippen molar-refractivity contribution in [2.75, 3.05) is 25.2 Å². The lowest BCUT2D eigenvalue weighted by Gasteiger charge is -2.36. The number of aromatic nitrogens is 4. The Morgan fingerprint density at radius 1 is 1.20 bits per heavy atom. The highest BCUT2D eigenvalue weighted by Crippen LogP contribution is 2.41. The molecule has 4 heterocycles. The maximum atomic E-state index is 14.0. The quantitative estimate of drug-likeness (QED) is 0.323. The number of halogens is 3. The van der Waals surface area contributed by atoms with Crippen LogP contribution in [0.25, 0.3) is 33.1 Å². The molecule has 6 nitrogen and oxygen atoms in total. The van der Waals surface area contributed by atoms with Crippen LogP contribution in [0.5, 0.6) is 0 Å². The van der Waals surface area contributed by atoms with E-state index in [-0.39, 0.29) is 23.2 Å². The Labute approximate surface area is 202 Å². The number of fused-ring (bicyclic) bond motifs is 2. The fraction of sp³-hybridized carbons (Fsp3) is 0.400. The minimum atomic E-state index is -4.59. The largest absolute Gasteiger partial charge is 0.419 e. The summed E-state index contributed by atoms with van der Waals surface area (Å²) < 4.78 is 42.1. The van der Waals surface area contributed by atoms with Gasteiger partial charge in [-0.25, -0.2) is 9.97 Å². The van der Waals surface area contributed by atoms with Gasteiger partial charge in [0, 0.05) is 58.4 Å². The third-order valence-electron chi connectivity index (χ3n) is 6.59. The van der Waals surface area contributed by atoms with Crippen LogP contribution >= 0.6 is 7.92 Å². The molecule has 0 radical (unpaired) electrons. The Morgan fingerprint density at radius 2 is 2.00 bits per heavy atom. The van der Waals surface area contributed by atoms with Crippen LogP contribution < -0.4 is 15.9 Å². The Kier molecular flexibility index (Phi) is 5.96. The summed E-state index contributed by atoms with van der Waals surface area (Å²) in [5.41, 5.74) is 1.15. The van der Waals surface area contributed by atoms with Gasteiger partial charge in [-0.15, -0.1) is 0 Å². The highest BCUT2D eigenvalue weighted by Gasteiger charge is 2.36. The van der Waals surface area contributed by atoms with Crippen LogP contribution in [-0.4, -0.2) is 51.4 Å². The van der Waals surface area contributed by atoms with E-state index in [1.165, 1.54) is 0 Å². The van der Waals surface area contributed by atoms with E-state index in [1.54, 1.807) is 12.4 Å². The van der Waals surface area contributed by atoms with E-state index >= 15 is 0 Å². The van der Waals surface area contributed by atoms with Crippen LogP contribution in [0.2, 0.25) is 0 Å². The molecule has 0 amide bonds. The maximum Gasteiger partial charge on any atom is 0.419 e. The first-order valence-electron chi connectivity index (χ1n) is 11.6. The molecule has 0 spiro atoms. The SMILES string of the molecule is CP(C)c1c2ncccc2cc2c(-c3nc(NC4CCC(C)(C)NC4)ncc3C(F)(F)F)c[nH]c12. The van der Waals surface area contributed by atoms with Gasteiger partial charge in [-0.1, -0.05) is 14.0 Å². The summed E-state index contributed by atoms with van der Waals surface area (Å²) in [7, 11) is -0.575. The summed E-state index contributed by atoms with van der Waals surface area (Å²) >= 11 is 0. The number of hydrogen-bond donors (Lipinski definition) is 3. The van der Waals surface area contributed by atoms with Crippen molar-refractivity contribution in [1.29, 1.82) is 0 Å². The van der Waals surface area contributed by atoms with Gasteiger partial charge in [0.15, 0.2) is 0 Å². The summed E-state index contributed by atoms with van der Waals surface area (Å²) in [6.07, 6.45) is 1.49. The standard InChI is InChI=1S/C25H28F3N6P/c1-24(2)8-7-15(11-32-24)33-23-31-13-18(25(26,27)28)20(34-23)17-12-30-21-16(17)10-14-6-5-9-29-19(14)22(21)35(3)4/h5-6,9-10,12-13,15,30,32H,7-8,11H2,1-4H3,(H,31,33,34). The number of rotatable bonds is 4. The van der Waals surface area contributed by atoms with E-state index in [1.807, 2.05) is 18.2 Å². The zero-order chi connectivity index (χ0) is 25.0. The zero-order valence-corrected chi connectivity index (χ0v) is 21.0.